The van der Waals surface area contributed by atoms with Crippen molar-refractivity contribution in [3.8, 4) is 5.75 Å². The summed E-state index contributed by atoms with van der Waals surface area (Å²) in [5.41, 5.74) is 0. The lowest BCUT2D eigenvalue weighted by molar-refractivity contribution is -0.218. The van der Waals surface area contributed by atoms with Crippen molar-refractivity contribution in [3.63, 3.8) is 0 Å². The van der Waals surface area contributed by atoms with E-state index < -0.39 is 20.2 Å². The van der Waals surface area contributed by atoms with E-state index in [0.29, 0.717) is 5.75 Å². The van der Waals surface area contributed by atoms with Crippen LogP contribution in [0.5, 0.6) is 5.75 Å². The van der Waals surface area contributed by atoms with Crippen molar-refractivity contribution in [1.29, 1.82) is 0 Å². The van der Waals surface area contributed by atoms with E-state index in [2.05, 4.69) is 9.56 Å². The third-order valence-electron chi connectivity index (χ3n) is 1.37. The van der Waals surface area contributed by atoms with Crippen LogP contribution in [0.4, 0.5) is 0 Å². The van der Waals surface area contributed by atoms with Crippen molar-refractivity contribution in [1.82, 2.24) is 0 Å². The molecular formula is C9H11O6P. The van der Waals surface area contributed by atoms with Crippen molar-refractivity contribution in [2.24, 2.45) is 0 Å². The maximum atomic E-state index is 11.0. The fourth-order valence-corrected chi connectivity index (χ4v) is 1.02. The monoisotopic (exact) mass is 246 g/mol. The third kappa shape index (κ3) is 5.50. The minimum atomic E-state index is -3.81. The second-order valence-electron chi connectivity index (χ2n) is 2.93. The zero-order valence-corrected chi connectivity index (χ0v) is 9.42. The molecule has 0 saturated heterocycles. The predicted octanol–water partition coefficient (Wildman–Crippen LogP) is 1.36. The molecule has 0 heterocycles. The summed E-state index contributed by atoms with van der Waals surface area (Å²) < 4.78 is 19.6. The Morgan fingerprint density at radius 3 is 2.56 bits per heavy atom. The molecule has 0 aromatic heterocycles. The van der Waals surface area contributed by atoms with Crippen LogP contribution in [0.3, 0.4) is 0 Å². The number of benzene rings is 1. The van der Waals surface area contributed by atoms with E-state index >= 15 is 0 Å². The van der Waals surface area contributed by atoms with Crippen LogP contribution < -0.4 is 4.74 Å². The second kappa shape index (κ2) is 5.65. The fraction of sp³-hybridized carbons (Fsp3) is 0.222. The molecule has 0 saturated carbocycles. The second-order valence-corrected chi connectivity index (χ2v) is 4.69. The predicted molar refractivity (Wildman–Crippen MR) is 54.9 cm³/mol. The molecule has 1 aromatic rings. The van der Waals surface area contributed by atoms with E-state index in [1.165, 1.54) is 0 Å². The molecule has 16 heavy (non-hydrogen) atoms. The maximum Gasteiger partial charge on any atom is 0.379 e. The highest BCUT2D eigenvalue weighted by atomic mass is 31.2. The van der Waals surface area contributed by atoms with Gasteiger partial charge in [0.2, 0.25) is 0 Å². The molecule has 0 bridgehead atoms. The van der Waals surface area contributed by atoms with E-state index in [0.717, 1.165) is 6.66 Å². The topological polar surface area (TPSA) is 82.1 Å². The first-order valence-electron chi connectivity index (χ1n) is 4.34. The van der Waals surface area contributed by atoms with Crippen LogP contribution in [-0.4, -0.2) is 24.1 Å². The molecule has 88 valence electrons. The van der Waals surface area contributed by atoms with Crippen LogP contribution in [0.15, 0.2) is 30.3 Å². The Balaban J connectivity index is 2.29. The summed E-state index contributed by atoms with van der Waals surface area (Å²) >= 11 is 0. The quantitative estimate of drug-likeness (QED) is 0.479. The van der Waals surface area contributed by atoms with Gasteiger partial charge in [-0.1, -0.05) is 22.9 Å². The Morgan fingerprint density at radius 2 is 2.00 bits per heavy atom. The largest absolute Gasteiger partial charge is 0.482 e. The molecule has 1 unspecified atom stereocenters. The first-order valence-corrected chi connectivity index (χ1v) is 6.37. The Bertz CT molecular complexity index is 384. The van der Waals surface area contributed by atoms with Gasteiger partial charge < -0.3 is 9.63 Å². The van der Waals surface area contributed by atoms with Gasteiger partial charge >= 0.3 is 13.6 Å². The average Bonchev–Trinajstić information content (AvgIpc) is 2.24. The molecule has 1 rings (SSSR count). The summed E-state index contributed by atoms with van der Waals surface area (Å²) in [5, 5.41) is 0. The van der Waals surface area contributed by atoms with Gasteiger partial charge in [-0.15, -0.1) is 0 Å². The summed E-state index contributed by atoms with van der Waals surface area (Å²) in [5.74, 6) is -0.400. The lowest BCUT2D eigenvalue weighted by Gasteiger charge is -2.06. The molecule has 1 aromatic carbocycles. The zero-order chi connectivity index (χ0) is 12.0. The summed E-state index contributed by atoms with van der Waals surface area (Å²) in [6, 6.07) is 8.60. The Morgan fingerprint density at radius 1 is 1.38 bits per heavy atom. The molecular weight excluding hydrogens is 235 g/mol. The van der Waals surface area contributed by atoms with E-state index in [9.17, 15) is 9.36 Å². The number of hydrogen-bond donors (Lipinski definition) is 1. The highest BCUT2D eigenvalue weighted by molar-refractivity contribution is 7.51. The van der Waals surface area contributed by atoms with Crippen molar-refractivity contribution in [3.05, 3.63) is 30.3 Å². The maximum absolute atomic E-state index is 11.0. The molecule has 0 aliphatic heterocycles. The van der Waals surface area contributed by atoms with Crippen molar-refractivity contribution in [2.75, 3.05) is 13.3 Å². The fourth-order valence-electron chi connectivity index (χ4n) is 0.794. The van der Waals surface area contributed by atoms with E-state index in [4.69, 9.17) is 9.63 Å². The number of hydrogen-bond acceptors (Lipinski definition) is 5. The van der Waals surface area contributed by atoms with Gasteiger partial charge in [0.05, 0.1) is 0 Å². The first kappa shape index (κ1) is 12.7. The molecule has 0 spiro atoms. The third-order valence-corrected chi connectivity index (χ3v) is 1.72. The molecule has 0 radical (unpaired) electrons. The van der Waals surface area contributed by atoms with Gasteiger partial charge in [-0.3, -0.25) is 9.45 Å². The summed E-state index contributed by atoms with van der Waals surface area (Å²) in [6.07, 6.45) is 0. The van der Waals surface area contributed by atoms with Gasteiger partial charge in [0.15, 0.2) is 6.61 Å². The molecule has 0 aliphatic carbocycles. The minimum Gasteiger partial charge on any atom is -0.482 e. The number of carbonyl (C=O) groups is 1. The van der Waals surface area contributed by atoms with Gasteiger partial charge in [0, 0.05) is 6.66 Å². The van der Waals surface area contributed by atoms with Crippen LogP contribution in [0.25, 0.3) is 0 Å². The normalized spacial score (nSPS) is 13.9. The van der Waals surface area contributed by atoms with Crippen LogP contribution in [0, 0.1) is 0 Å². The van der Waals surface area contributed by atoms with Crippen molar-refractivity contribution >= 4 is 13.6 Å². The molecule has 7 heteroatoms. The molecule has 0 fully saturated rings. The number of rotatable bonds is 5. The van der Waals surface area contributed by atoms with Crippen molar-refractivity contribution < 1.29 is 28.6 Å². The van der Waals surface area contributed by atoms with Gasteiger partial charge in [-0.25, -0.2) is 4.79 Å². The lowest BCUT2D eigenvalue weighted by Crippen LogP contribution is -2.14. The SMILES string of the molecule is CP(=O)(O)OOC(=O)COc1ccccc1. The molecule has 1 N–H and O–H groups in total. The van der Waals surface area contributed by atoms with Gasteiger partial charge in [0.25, 0.3) is 0 Å². The van der Waals surface area contributed by atoms with E-state index in [1.807, 2.05) is 0 Å². The van der Waals surface area contributed by atoms with Crippen LogP contribution >= 0.6 is 7.60 Å². The summed E-state index contributed by atoms with van der Waals surface area (Å²) in [6.45, 7) is 0.502. The standard InChI is InChI=1S/C9H11O6P/c1-16(11,12)15-14-9(10)7-13-8-5-3-2-4-6-8/h2-6H,7H2,1H3,(H,11,12). The highest BCUT2D eigenvalue weighted by Gasteiger charge is 2.15. The summed E-state index contributed by atoms with van der Waals surface area (Å²) in [7, 11) is -3.81. The van der Waals surface area contributed by atoms with Crippen molar-refractivity contribution in [2.45, 2.75) is 0 Å². The van der Waals surface area contributed by atoms with Crippen LogP contribution in [-0.2, 0) is 18.9 Å². The average molecular weight is 246 g/mol. The smallest absolute Gasteiger partial charge is 0.379 e. The number of carbonyl (C=O) groups excluding carboxylic acids is 1. The van der Waals surface area contributed by atoms with E-state index in [-0.39, 0.29) is 0 Å². The van der Waals surface area contributed by atoms with E-state index in [1.54, 1.807) is 30.3 Å². The van der Waals surface area contributed by atoms with Gasteiger partial charge in [-0.2, -0.15) is 0 Å². The summed E-state index contributed by atoms with van der Waals surface area (Å²) in [4.78, 5) is 23.7. The van der Waals surface area contributed by atoms with Crippen LogP contribution in [0.1, 0.15) is 0 Å². The lowest BCUT2D eigenvalue weighted by atomic mass is 10.3. The number of ether oxygens (including phenoxy) is 1. The molecule has 0 aliphatic rings. The zero-order valence-electron chi connectivity index (χ0n) is 8.53. The molecule has 0 amide bonds. The first-order chi connectivity index (χ1) is 7.47. The molecule has 1 atom stereocenters. The number of para-hydroxylation sites is 1. The Kier molecular flexibility index (Phi) is 4.49. The van der Waals surface area contributed by atoms with Gasteiger partial charge in [0.1, 0.15) is 5.75 Å². The van der Waals surface area contributed by atoms with Crippen LogP contribution in [0.2, 0.25) is 0 Å². The van der Waals surface area contributed by atoms with Gasteiger partial charge in [-0.05, 0) is 12.1 Å². The highest BCUT2D eigenvalue weighted by Crippen LogP contribution is 2.36. The Labute approximate surface area is 92.2 Å². The minimum absolute atomic E-state index is 0.399. The molecule has 6 nitrogen and oxygen atoms in total. The Hall–Kier alpha value is -1.36.